The first-order valence-corrected chi connectivity index (χ1v) is 7.91. The summed E-state index contributed by atoms with van der Waals surface area (Å²) >= 11 is 0. The van der Waals surface area contributed by atoms with Crippen LogP contribution >= 0.6 is 0 Å². The van der Waals surface area contributed by atoms with Gasteiger partial charge in [0.15, 0.2) is 11.6 Å². The first kappa shape index (κ1) is 16.0. The van der Waals surface area contributed by atoms with Crippen LogP contribution in [0.1, 0.15) is 19.3 Å². The predicted molar refractivity (Wildman–Crippen MR) is 81.9 cm³/mol. The van der Waals surface area contributed by atoms with E-state index in [1.165, 1.54) is 0 Å². The second kappa shape index (κ2) is 6.29. The number of carbonyl (C=O) groups excluding carboxylic acids is 1. The molecule has 126 valence electrons. The summed E-state index contributed by atoms with van der Waals surface area (Å²) in [6.07, 6.45) is 1.94. The molecule has 2 saturated heterocycles. The van der Waals surface area contributed by atoms with Crippen molar-refractivity contribution in [1.82, 2.24) is 9.88 Å². The Hall–Kier alpha value is -1.92. The predicted octanol–water partition coefficient (Wildman–Crippen LogP) is 2.17. The molecule has 3 heterocycles. The van der Waals surface area contributed by atoms with Crippen molar-refractivity contribution in [2.24, 2.45) is 5.92 Å². The number of anilines is 1. The minimum atomic E-state index is -2.63. The van der Waals surface area contributed by atoms with Gasteiger partial charge in [0.05, 0.1) is 13.0 Å². The Bertz CT molecular complexity index is 572. The number of rotatable bonds is 3. The lowest BCUT2D eigenvalue weighted by atomic mass is 10.0. The Balaban J connectivity index is 1.62. The Morgan fingerprint density at radius 1 is 1.35 bits per heavy atom. The highest BCUT2D eigenvalue weighted by Gasteiger charge is 2.39. The fourth-order valence-corrected chi connectivity index (χ4v) is 3.25. The SMILES string of the molecule is COc1cccnc1N1CCC(C(=O)N2CCC(F)(F)CC2)C1. The highest BCUT2D eigenvalue weighted by Crippen LogP contribution is 2.32. The van der Waals surface area contributed by atoms with Crippen molar-refractivity contribution in [3.63, 3.8) is 0 Å². The van der Waals surface area contributed by atoms with Crippen molar-refractivity contribution >= 4 is 11.7 Å². The highest BCUT2D eigenvalue weighted by molar-refractivity contribution is 5.80. The fraction of sp³-hybridized carbons (Fsp3) is 0.625. The van der Waals surface area contributed by atoms with Gasteiger partial charge >= 0.3 is 0 Å². The number of halogens is 2. The van der Waals surface area contributed by atoms with Crippen molar-refractivity contribution in [2.75, 3.05) is 38.2 Å². The van der Waals surface area contributed by atoms with Crippen molar-refractivity contribution in [1.29, 1.82) is 0 Å². The number of carbonyl (C=O) groups is 1. The molecule has 0 saturated carbocycles. The summed E-state index contributed by atoms with van der Waals surface area (Å²) in [5, 5.41) is 0. The average Bonchev–Trinajstić information content (AvgIpc) is 3.04. The molecular weight excluding hydrogens is 304 g/mol. The summed E-state index contributed by atoms with van der Waals surface area (Å²) in [5.74, 6) is -1.39. The van der Waals surface area contributed by atoms with E-state index in [1.54, 1.807) is 24.3 Å². The highest BCUT2D eigenvalue weighted by atomic mass is 19.3. The summed E-state index contributed by atoms with van der Waals surface area (Å²) in [4.78, 5) is 20.5. The Morgan fingerprint density at radius 2 is 2.09 bits per heavy atom. The number of alkyl halides is 2. The van der Waals surface area contributed by atoms with Gasteiger partial charge in [-0.1, -0.05) is 0 Å². The van der Waals surface area contributed by atoms with Crippen molar-refractivity contribution in [3.8, 4) is 5.75 Å². The number of amides is 1. The maximum absolute atomic E-state index is 13.2. The van der Waals surface area contributed by atoms with Gasteiger partial charge < -0.3 is 14.5 Å². The smallest absolute Gasteiger partial charge is 0.251 e. The Morgan fingerprint density at radius 3 is 2.78 bits per heavy atom. The van der Waals surface area contributed by atoms with Gasteiger partial charge in [-0.2, -0.15) is 0 Å². The molecular formula is C16H21F2N3O2. The summed E-state index contributed by atoms with van der Waals surface area (Å²) in [7, 11) is 1.59. The zero-order valence-corrected chi connectivity index (χ0v) is 13.2. The number of nitrogens with zero attached hydrogens (tertiary/aromatic N) is 3. The number of pyridine rings is 1. The number of ether oxygens (including phenoxy) is 1. The molecule has 0 aliphatic carbocycles. The Labute approximate surface area is 134 Å². The van der Waals surface area contributed by atoms with E-state index in [0.29, 0.717) is 25.3 Å². The van der Waals surface area contributed by atoms with Crippen LogP contribution in [0.4, 0.5) is 14.6 Å². The van der Waals surface area contributed by atoms with Crippen molar-refractivity contribution in [2.45, 2.75) is 25.2 Å². The summed E-state index contributed by atoms with van der Waals surface area (Å²) in [5.41, 5.74) is 0. The molecule has 0 N–H and O–H groups in total. The molecule has 3 rings (SSSR count). The standard InChI is InChI=1S/C16H21F2N3O2/c1-23-13-3-2-7-19-14(13)21-8-4-12(11-21)15(22)20-9-5-16(17,18)6-10-20/h2-3,7,12H,4-6,8-11H2,1H3. The van der Waals surface area contributed by atoms with E-state index in [-0.39, 0.29) is 37.8 Å². The largest absolute Gasteiger partial charge is 0.493 e. The van der Waals surface area contributed by atoms with E-state index in [9.17, 15) is 13.6 Å². The van der Waals surface area contributed by atoms with Crippen LogP contribution in [-0.4, -0.2) is 55.0 Å². The van der Waals surface area contributed by atoms with Crippen LogP contribution in [0.5, 0.6) is 5.75 Å². The molecule has 5 nitrogen and oxygen atoms in total. The molecule has 1 unspecified atom stereocenters. The van der Waals surface area contributed by atoms with Gasteiger partial charge in [0, 0.05) is 45.2 Å². The fourth-order valence-electron chi connectivity index (χ4n) is 3.25. The number of likely N-dealkylation sites (tertiary alicyclic amines) is 1. The average molecular weight is 325 g/mol. The van der Waals surface area contributed by atoms with Gasteiger partial charge in [-0.25, -0.2) is 13.8 Å². The molecule has 0 aromatic carbocycles. The summed E-state index contributed by atoms with van der Waals surface area (Å²) in [6, 6.07) is 3.64. The minimum absolute atomic E-state index is 0.0158. The number of hydrogen-bond donors (Lipinski definition) is 0. The lowest BCUT2D eigenvalue weighted by Crippen LogP contribution is -2.45. The van der Waals surface area contributed by atoms with Gasteiger partial charge in [-0.05, 0) is 18.6 Å². The second-order valence-electron chi connectivity index (χ2n) is 6.14. The maximum Gasteiger partial charge on any atom is 0.251 e. The zero-order chi connectivity index (χ0) is 16.4. The van der Waals surface area contributed by atoms with Crippen LogP contribution in [0.25, 0.3) is 0 Å². The molecule has 0 bridgehead atoms. The maximum atomic E-state index is 13.2. The van der Waals surface area contributed by atoms with Crippen molar-refractivity contribution < 1.29 is 18.3 Å². The molecule has 2 aliphatic heterocycles. The van der Waals surface area contributed by atoms with Gasteiger partial charge in [-0.3, -0.25) is 4.79 Å². The van der Waals surface area contributed by atoms with Gasteiger partial charge in [0.1, 0.15) is 0 Å². The minimum Gasteiger partial charge on any atom is -0.493 e. The normalized spacial score (nSPS) is 23.9. The van der Waals surface area contributed by atoms with Gasteiger partial charge in [0.25, 0.3) is 5.92 Å². The molecule has 23 heavy (non-hydrogen) atoms. The van der Waals surface area contributed by atoms with E-state index < -0.39 is 5.92 Å². The molecule has 0 radical (unpaired) electrons. The van der Waals surface area contributed by atoms with E-state index in [1.807, 2.05) is 11.0 Å². The molecule has 1 amide bonds. The Kier molecular flexibility index (Phi) is 4.37. The van der Waals surface area contributed by atoms with Crippen LogP contribution in [0, 0.1) is 5.92 Å². The molecule has 2 aliphatic rings. The van der Waals surface area contributed by atoms with Crippen LogP contribution in [0.2, 0.25) is 0 Å². The number of piperidine rings is 1. The monoisotopic (exact) mass is 325 g/mol. The number of hydrogen-bond acceptors (Lipinski definition) is 4. The first-order chi connectivity index (χ1) is 11.0. The third-order valence-electron chi connectivity index (χ3n) is 4.61. The van der Waals surface area contributed by atoms with Crippen LogP contribution in [-0.2, 0) is 4.79 Å². The van der Waals surface area contributed by atoms with Crippen LogP contribution in [0.3, 0.4) is 0 Å². The topological polar surface area (TPSA) is 45.7 Å². The number of aromatic nitrogens is 1. The second-order valence-corrected chi connectivity index (χ2v) is 6.14. The summed E-state index contributed by atoms with van der Waals surface area (Å²) < 4.78 is 31.7. The number of methoxy groups -OCH3 is 1. The molecule has 1 aromatic heterocycles. The molecule has 7 heteroatoms. The molecule has 2 fully saturated rings. The van der Waals surface area contributed by atoms with E-state index in [0.717, 1.165) is 5.82 Å². The van der Waals surface area contributed by atoms with E-state index in [4.69, 9.17) is 4.74 Å². The molecule has 1 aromatic rings. The first-order valence-electron chi connectivity index (χ1n) is 7.91. The summed E-state index contributed by atoms with van der Waals surface area (Å²) in [6.45, 7) is 1.57. The van der Waals surface area contributed by atoms with Gasteiger partial charge in [0.2, 0.25) is 5.91 Å². The van der Waals surface area contributed by atoms with Gasteiger partial charge in [-0.15, -0.1) is 0 Å². The van der Waals surface area contributed by atoms with Crippen LogP contribution in [0.15, 0.2) is 18.3 Å². The molecule has 1 atom stereocenters. The van der Waals surface area contributed by atoms with Crippen LogP contribution < -0.4 is 9.64 Å². The molecule has 0 spiro atoms. The third kappa shape index (κ3) is 3.38. The zero-order valence-electron chi connectivity index (χ0n) is 13.2. The van der Waals surface area contributed by atoms with E-state index in [2.05, 4.69) is 4.98 Å². The lowest BCUT2D eigenvalue weighted by Gasteiger charge is -2.33. The van der Waals surface area contributed by atoms with E-state index >= 15 is 0 Å². The quantitative estimate of drug-likeness (QED) is 0.854. The lowest BCUT2D eigenvalue weighted by molar-refractivity contribution is -0.140. The third-order valence-corrected chi connectivity index (χ3v) is 4.61. The van der Waals surface area contributed by atoms with Crippen molar-refractivity contribution in [3.05, 3.63) is 18.3 Å².